The highest BCUT2D eigenvalue weighted by molar-refractivity contribution is 8.27. The van der Waals surface area contributed by atoms with Crippen LogP contribution in [0.1, 0.15) is 16.9 Å². The van der Waals surface area contributed by atoms with Crippen LogP contribution in [0, 0.1) is 24.0 Å². The molecule has 0 saturated carbocycles. The fraction of sp³-hybridized carbons (Fsp3) is 0.0909. The average molecular weight is 437 g/mol. The lowest BCUT2D eigenvalue weighted by Crippen LogP contribution is -2.28. The van der Waals surface area contributed by atoms with E-state index >= 15 is 0 Å². The molecule has 0 atom stereocenters. The van der Waals surface area contributed by atoms with Crippen LogP contribution in [0.15, 0.2) is 63.9 Å². The van der Waals surface area contributed by atoms with Crippen molar-refractivity contribution in [3.05, 3.63) is 86.5 Å². The molecule has 2 heterocycles. The van der Waals surface area contributed by atoms with Crippen LogP contribution in [0.5, 0.6) is 0 Å². The Kier molecular flexibility index (Phi) is 5.27. The van der Waals surface area contributed by atoms with Crippen molar-refractivity contribution in [3.8, 4) is 11.3 Å². The smallest absolute Gasteiger partial charge is 0.270 e. The van der Waals surface area contributed by atoms with E-state index in [4.69, 9.17) is 16.6 Å². The monoisotopic (exact) mass is 436 g/mol. The molecule has 3 aromatic rings. The van der Waals surface area contributed by atoms with E-state index in [2.05, 4.69) is 0 Å². The Morgan fingerprint density at radius 1 is 1.13 bits per heavy atom. The van der Waals surface area contributed by atoms with Gasteiger partial charge in [-0.3, -0.25) is 19.8 Å². The zero-order valence-corrected chi connectivity index (χ0v) is 17.8. The van der Waals surface area contributed by atoms with Gasteiger partial charge in [0.1, 0.15) is 11.5 Å². The van der Waals surface area contributed by atoms with Crippen LogP contribution < -0.4 is 4.90 Å². The van der Waals surface area contributed by atoms with E-state index < -0.39 is 4.92 Å². The van der Waals surface area contributed by atoms with E-state index in [-0.39, 0.29) is 11.6 Å². The predicted molar refractivity (Wildman–Crippen MR) is 122 cm³/mol. The molecular weight excluding hydrogens is 420 g/mol. The number of anilines is 1. The molecule has 0 N–H and O–H groups in total. The van der Waals surface area contributed by atoms with Gasteiger partial charge in [0, 0.05) is 23.8 Å². The van der Waals surface area contributed by atoms with Crippen LogP contribution in [0.4, 0.5) is 11.4 Å². The number of nitro benzene ring substituents is 1. The van der Waals surface area contributed by atoms with Crippen molar-refractivity contribution in [1.29, 1.82) is 0 Å². The van der Waals surface area contributed by atoms with Crippen LogP contribution in [-0.2, 0) is 4.79 Å². The predicted octanol–water partition coefficient (Wildman–Crippen LogP) is 5.88. The quantitative estimate of drug-likeness (QED) is 0.220. The molecule has 0 bridgehead atoms. The first-order valence-corrected chi connectivity index (χ1v) is 10.3. The van der Waals surface area contributed by atoms with Crippen LogP contribution in [-0.4, -0.2) is 15.2 Å². The second-order valence-corrected chi connectivity index (χ2v) is 8.49. The normalized spacial score (nSPS) is 15.3. The number of hydrogen-bond acceptors (Lipinski definition) is 6. The van der Waals surface area contributed by atoms with E-state index in [1.807, 2.05) is 32.0 Å². The molecule has 1 aliphatic rings. The third kappa shape index (κ3) is 3.79. The summed E-state index contributed by atoms with van der Waals surface area (Å²) in [6, 6.07) is 15.5. The van der Waals surface area contributed by atoms with Gasteiger partial charge in [0.2, 0.25) is 0 Å². The van der Waals surface area contributed by atoms with Gasteiger partial charge in [-0.1, -0.05) is 48.2 Å². The second kappa shape index (κ2) is 7.89. The van der Waals surface area contributed by atoms with Gasteiger partial charge < -0.3 is 4.42 Å². The number of carbonyl (C=O) groups excluding carboxylic acids is 1. The number of rotatable bonds is 4. The molecule has 1 aliphatic heterocycles. The molecule has 4 rings (SSSR count). The van der Waals surface area contributed by atoms with Crippen LogP contribution in [0.25, 0.3) is 17.4 Å². The molecule has 2 aromatic carbocycles. The zero-order valence-electron chi connectivity index (χ0n) is 16.1. The summed E-state index contributed by atoms with van der Waals surface area (Å²) in [6.07, 6.45) is 1.64. The van der Waals surface area contributed by atoms with Crippen molar-refractivity contribution in [2.45, 2.75) is 13.8 Å². The standard InChI is InChI=1S/C22H16N2O4S2/c1-13-6-7-14(2)18(10-13)23-21(25)20(30-22(23)29)12-17-8-9-19(28-17)15-4-3-5-16(11-15)24(26)27/h3-12H,1-2H3/b20-12+. The molecule has 150 valence electrons. The first kappa shape index (κ1) is 20.1. The topological polar surface area (TPSA) is 76.6 Å². The SMILES string of the molecule is Cc1ccc(C)c(N2C(=O)/C(=C\c3ccc(-c4cccc([N+](=O)[O-])c4)o3)SC2=S)c1. The number of benzene rings is 2. The first-order chi connectivity index (χ1) is 14.3. The molecule has 30 heavy (non-hydrogen) atoms. The summed E-state index contributed by atoms with van der Waals surface area (Å²) in [5.41, 5.74) is 3.36. The van der Waals surface area contributed by atoms with Gasteiger partial charge >= 0.3 is 0 Å². The number of nitro groups is 1. The fourth-order valence-electron chi connectivity index (χ4n) is 3.12. The van der Waals surface area contributed by atoms with Crippen molar-refractivity contribution in [3.63, 3.8) is 0 Å². The highest BCUT2D eigenvalue weighted by Gasteiger charge is 2.34. The number of nitrogens with zero attached hydrogens (tertiary/aromatic N) is 2. The summed E-state index contributed by atoms with van der Waals surface area (Å²) >= 11 is 6.67. The second-order valence-electron chi connectivity index (χ2n) is 6.82. The average Bonchev–Trinajstić information content (AvgIpc) is 3.29. The zero-order chi connectivity index (χ0) is 21.4. The molecule has 8 heteroatoms. The van der Waals surface area contributed by atoms with Crippen molar-refractivity contribution >= 4 is 51.7 Å². The number of carbonyl (C=O) groups is 1. The molecule has 1 saturated heterocycles. The number of thiocarbonyl (C=S) groups is 1. The van der Waals surface area contributed by atoms with Gasteiger partial charge in [0.25, 0.3) is 11.6 Å². The van der Waals surface area contributed by atoms with Gasteiger partial charge in [-0.15, -0.1) is 0 Å². The highest BCUT2D eigenvalue weighted by Crippen LogP contribution is 2.38. The summed E-state index contributed by atoms with van der Waals surface area (Å²) in [5, 5.41) is 11.0. The third-order valence-electron chi connectivity index (χ3n) is 4.64. The number of aryl methyl sites for hydroxylation is 2. The highest BCUT2D eigenvalue weighted by atomic mass is 32.2. The number of hydrogen-bond donors (Lipinski definition) is 0. The minimum Gasteiger partial charge on any atom is -0.457 e. The molecule has 0 aliphatic carbocycles. The molecular formula is C22H16N2O4S2. The Hall–Kier alpha value is -3.23. The lowest BCUT2D eigenvalue weighted by molar-refractivity contribution is -0.384. The molecule has 6 nitrogen and oxygen atoms in total. The van der Waals surface area contributed by atoms with Crippen molar-refractivity contribution in [2.24, 2.45) is 0 Å². The van der Waals surface area contributed by atoms with Gasteiger partial charge in [-0.05, 0) is 43.2 Å². The van der Waals surface area contributed by atoms with Crippen LogP contribution in [0.2, 0.25) is 0 Å². The van der Waals surface area contributed by atoms with Crippen LogP contribution in [0.3, 0.4) is 0 Å². The van der Waals surface area contributed by atoms with Crippen molar-refractivity contribution in [1.82, 2.24) is 0 Å². The molecule has 1 amide bonds. The lowest BCUT2D eigenvalue weighted by atomic mass is 10.1. The van der Waals surface area contributed by atoms with Crippen molar-refractivity contribution in [2.75, 3.05) is 4.90 Å². The van der Waals surface area contributed by atoms with E-state index in [0.717, 1.165) is 16.8 Å². The lowest BCUT2D eigenvalue weighted by Gasteiger charge is -2.17. The Morgan fingerprint density at radius 2 is 1.93 bits per heavy atom. The van der Waals surface area contributed by atoms with E-state index in [1.54, 1.807) is 35.2 Å². The maximum Gasteiger partial charge on any atom is 0.270 e. The molecule has 1 aromatic heterocycles. The first-order valence-electron chi connectivity index (χ1n) is 9.03. The Bertz CT molecular complexity index is 1230. The molecule has 0 spiro atoms. The Balaban J connectivity index is 1.63. The number of non-ortho nitro benzene ring substituents is 1. The molecule has 0 unspecified atom stereocenters. The van der Waals surface area contributed by atoms with Crippen LogP contribution >= 0.6 is 24.0 Å². The minimum absolute atomic E-state index is 0.0140. The summed E-state index contributed by atoms with van der Waals surface area (Å²) in [4.78, 5) is 25.5. The number of thioether (sulfide) groups is 1. The Morgan fingerprint density at radius 3 is 2.70 bits per heavy atom. The van der Waals surface area contributed by atoms with E-state index in [1.165, 1.54) is 23.9 Å². The fourth-order valence-corrected chi connectivity index (χ4v) is 4.39. The summed E-state index contributed by atoms with van der Waals surface area (Å²) in [7, 11) is 0. The number of furan rings is 1. The van der Waals surface area contributed by atoms with Gasteiger partial charge in [-0.25, -0.2) is 0 Å². The third-order valence-corrected chi connectivity index (χ3v) is 5.94. The minimum atomic E-state index is -0.452. The van der Waals surface area contributed by atoms with Gasteiger partial charge in [0.05, 0.1) is 15.5 Å². The van der Waals surface area contributed by atoms with E-state index in [9.17, 15) is 14.9 Å². The van der Waals surface area contributed by atoms with E-state index in [0.29, 0.717) is 26.3 Å². The summed E-state index contributed by atoms with van der Waals surface area (Å²) < 4.78 is 6.27. The molecule has 0 radical (unpaired) electrons. The van der Waals surface area contributed by atoms with Gasteiger partial charge in [0.15, 0.2) is 4.32 Å². The van der Waals surface area contributed by atoms with Crippen molar-refractivity contribution < 1.29 is 14.1 Å². The maximum atomic E-state index is 13.0. The Labute approximate surface area is 182 Å². The summed E-state index contributed by atoms with van der Waals surface area (Å²) in [5.74, 6) is 0.750. The van der Waals surface area contributed by atoms with Gasteiger partial charge in [-0.2, -0.15) is 0 Å². The number of amides is 1. The molecule has 1 fully saturated rings. The largest absolute Gasteiger partial charge is 0.457 e. The maximum absolute atomic E-state index is 13.0. The summed E-state index contributed by atoms with van der Waals surface area (Å²) in [6.45, 7) is 3.91.